The molecular weight excluding hydrogens is 544 g/mol. The quantitative estimate of drug-likeness (QED) is 0.260. The fraction of sp³-hybridized carbons (Fsp3) is 0.300. The van der Waals surface area contributed by atoms with Gasteiger partial charge in [0, 0.05) is 43.7 Å². The highest BCUT2D eigenvalue weighted by atomic mass is 19.1. The smallest absolute Gasteiger partial charge is 0.247 e. The van der Waals surface area contributed by atoms with Crippen LogP contribution in [0.5, 0.6) is 5.75 Å². The Morgan fingerprint density at radius 1 is 1.19 bits per heavy atom. The highest BCUT2D eigenvalue weighted by Gasteiger charge is 2.25. The second-order valence-corrected chi connectivity index (χ2v) is 10.2. The third-order valence-electron chi connectivity index (χ3n) is 7.11. The zero-order valence-electron chi connectivity index (χ0n) is 24.0. The maximum absolute atomic E-state index is 15.3. The number of carbonyl (C=O) groups excluding carboxylic acids is 1. The Morgan fingerprint density at radius 2 is 2.00 bits per heavy atom. The predicted molar refractivity (Wildman–Crippen MR) is 159 cm³/mol. The summed E-state index contributed by atoms with van der Waals surface area (Å²) in [5, 5.41) is 6.64. The van der Waals surface area contributed by atoms with Gasteiger partial charge in [0.1, 0.15) is 17.3 Å². The summed E-state index contributed by atoms with van der Waals surface area (Å²) < 4.78 is 42.8. The molecule has 2 aromatic heterocycles. The van der Waals surface area contributed by atoms with Gasteiger partial charge < -0.3 is 34.5 Å². The van der Waals surface area contributed by atoms with E-state index in [0.29, 0.717) is 59.0 Å². The van der Waals surface area contributed by atoms with Gasteiger partial charge in [0.2, 0.25) is 11.9 Å². The van der Waals surface area contributed by atoms with Crippen LogP contribution in [0, 0.1) is 11.6 Å². The summed E-state index contributed by atoms with van der Waals surface area (Å²) in [6.07, 6.45) is 2.28. The van der Waals surface area contributed by atoms with Crippen LogP contribution in [0.2, 0.25) is 0 Å². The lowest BCUT2D eigenvalue weighted by atomic mass is 10.1. The van der Waals surface area contributed by atoms with Crippen LogP contribution in [0.4, 0.5) is 31.8 Å². The van der Waals surface area contributed by atoms with Gasteiger partial charge in [-0.05, 0) is 44.4 Å². The van der Waals surface area contributed by atoms with Gasteiger partial charge in [0.05, 0.1) is 54.8 Å². The minimum Gasteiger partial charge on any atom is -0.494 e. The molecule has 3 heterocycles. The number of aromatic nitrogens is 3. The van der Waals surface area contributed by atoms with E-state index in [0.717, 1.165) is 18.4 Å². The number of nitrogens with one attached hydrogen (secondary N) is 2. The zero-order valence-corrected chi connectivity index (χ0v) is 24.0. The first-order valence-electron chi connectivity index (χ1n) is 13.4. The lowest BCUT2D eigenvalue weighted by Gasteiger charge is -2.26. The van der Waals surface area contributed by atoms with Gasteiger partial charge in [0.25, 0.3) is 0 Å². The summed E-state index contributed by atoms with van der Waals surface area (Å²) in [5.74, 6) is -0.824. The van der Waals surface area contributed by atoms with Crippen molar-refractivity contribution in [2.75, 3.05) is 63.5 Å². The number of benzene rings is 2. The average molecular weight is 578 g/mol. The maximum Gasteiger partial charge on any atom is 0.247 e. The zero-order chi connectivity index (χ0) is 30.0. The number of methoxy groups -OCH3 is 1. The number of nitrogens with zero attached hydrogens (tertiary/aromatic N) is 5. The summed E-state index contributed by atoms with van der Waals surface area (Å²) in [7, 11) is 7.41. The van der Waals surface area contributed by atoms with E-state index in [9.17, 15) is 9.18 Å². The number of anilines is 4. The Balaban J connectivity index is 1.57. The van der Waals surface area contributed by atoms with E-state index in [1.54, 1.807) is 18.2 Å². The van der Waals surface area contributed by atoms with Crippen molar-refractivity contribution in [3.05, 3.63) is 66.5 Å². The summed E-state index contributed by atoms with van der Waals surface area (Å²) in [6, 6.07) is 7.92. The van der Waals surface area contributed by atoms with Gasteiger partial charge in [-0.1, -0.05) is 6.58 Å². The van der Waals surface area contributed by atoms with E-state index in [1.807, 2.05) is 30.6 Å². The van der Waals surface area contributed by atoms with E-state index >= 15 is 4.39 Å². The van der Waals surface area contributed by atoms with Crippen LogP contribution in [0.3, 0.4) is 0 Å². The molecule has 10 nitrogen and oxygen atoms in total. The molecule has 1 aliphatic rings. The molecule has 1 amide bonds. The molecule has 0 spiro atoms. The predicted octanol–water partition coefficient (Wildman–Crippen LogP) is 4.78. The first kappa shape index (κ1) is 29.0. The molecule has 5 rings (SSSR count). The molecule has 0 bridgehead atoms. The van der Waals surface area contributed by atoms with Gasteiger partial charge >= 0.3 is 0 Å². The maximum atomic E-state index is 15.3. The lowest BCUT2D eigenvalue weighted by molar-refractivity contribution is -0.111. The number of hydrogen-bond donors (Lipinski definition) is 2. The minimum absolute atomic E-state index is 0.0579. The van der Waals surface area contributed by atoms with Crippen molar-refractivity contribution in [2.45, 2.75) is 13.2 Å². The Labute approximate surface area is 242 Å². The molecule has 0 unspecified atom stereocenters. The molecule has 12 heteroatoms. The summed E-state index contributed by atoms with van der Waals surface area (Å²) >= 11 is 0. The lowest BCUT2D eigenvalue weighted by Crippen LogP contribution is -2.29. The van der Waals surface area contributed by atoms with Crippen molar-refractivity contribution < 1.29 is 23.0 Å². The third-order valence-corrected chi connectivity index (χ3v) is 7.11. The second kappa shape index (κ2) is 12.1. The van der Waals surface area contributed by atoms with Gasteiger partial charge in [-0.2, -0.15) is 0 Å². The van der Waals surface area contributed by atoms with Crippen molar-refractivity contribution in [1.29, 1.82) is 0 Å². The molecule has 0 fully saturated rings. The van der Waals surface area contributed by atoms with Crippen molar-refractivity contribution in [3.8, 4) is 17.0 Å². The Hall–Kier alpha value is -4.55. The number of fused-ring (bicyclic) bond motifs is 3. The number of rotatable bonds is 10. The normalized spacial score (nSPS) is 12.7. The average Bonchev–Trinajstić information content (AvgIpc) is 3.30. The Kier molecular flexibility index (Phi) is 8.36. The monoisotopic (exact) mass is 577 g/mol. The van der Waals surface area contributed by atoms with Gasteiger partial charge in [-0.15, -0.1) is 0 Å². The van der Waals surface area contributed by atoms with E-state index in [1.165, 1.54) is 25.3 Å². The van der Waals surface area contributed by atoms with Crippen molar-refractivity contribution in [1.82, 2.24) is 19.4 Å². The number of likely N-dealkylation sites (N-methyl/N-ethyl adjacent to an activating group) is 2. The van der Waals surface area contributed by atoms with Crippen LogP contribution in [-0.2, 0) is 22.7 Å². The summed E-state index contributed by atoms with van der Waals surface area (Å²) in [6.45, 7) is 6.25. The molecule has 0 aliphatic carbocycles. The van der Waals surface area contributed by atoms with Crippen LogP contribution in [0.15, 0.2) is 49.2 Å². The Bertz CT molecular complexity index is 1650. The molecule has 0 saturated carbocycles. The largest absolute Gasteiger partial charge is 0.494 e. The van der Waals surface area contributed by atoms with E-state index < -0.39 is 5.82 Å². The SMILES string of the molecule is C=CC(=O)Nc1cc(Nc2ncc(F)c(-c3c4n(c5cc(F)ccc35)CCOC4)n2)c(OC)cc1N(C)CCN(C)C. The highest BCUT2D eigenvalue weighted by molar-refractivity contribution is 6.02. The molecule has 220 valence electrons. The molecule has 4 aromatic rings. The van der Waals surface area contributed by atoms with Crippen LogP contribution in [-0.4, -0.2) is 73.3 Å². The van der Waals surface area contributed by atoms with E-state index in [4.69, 9.17) is 9.47 Å². The fourth-order valence-electron chi connectivity index (χ4n) is 5.00. The summed E-state index contributed by atoms with van der Waals surface area (Å²) in [5.41, 5.74) is 3.64. The highest BCUT2D eigenvalue weighted by Crippen LogP contribution is 2.40. The molecule has 2 aromatic carbocycles. The topological polar surface area (TPSA) is 96.8 Å². The van der Waals surface area contributed by atoms with Gasteiger partial charge in [-0.25, -0.2) is 18.7 Å². The second-order valence-electron chi connectivity index (χ2n) is 10.2. The van der Waals surface area contributed by atoms with E-state index in [2.05, 4.69) is 32.1 Å². The van der Waals surface area contributed by atoms with Gasteiger partial charge in [-0.3, -0.25) is 4.79 Å². The van der Waals surface area contributed by atoms with Crippen molar-refractivity contribution >= 4 is 39.8 Å². The molecule has 42 heavy (non-hydrogen) atoms. The van der Waals surface area contributed by atoms with Crippen LogP contribution < -0.4 is 20.3 Å². The molecule has 0 radical (unpaired) electrons. The van der Waals surface area contributed by atoms with Crippen LogP contribution in [0.1, 0.15) is 5.69 Å². The fourth-order valence-corrected chi connectivity index (χ4v) is 5.00. The van der Waals surface area contributed by atoms with Crippen LogP contribution in [0.25, 0.3) is 22.2 Å². The van der Waals surface area contributed by atoms with Crippen molar-refractivity contribution in [2.24, 2.45) is 0 Å². The number of carbonyl (C=O) groups is 1. The first-order valence-corrected chi connectivity index (χ1v) is 13.4. The Morgan fingerprint density at radius 3 is 2.74 bits per heavy atom. The molecular formula is C30H33F2N7O3. The first-order chi connectivity index (χ1) is 20.2. The summed E-state index contributed by atoms with van der Waals surface area (Å²) in [4.78, 5) is 25.1. The molecule has 2 N–H and O–H groups in total. The molecule has 0 saturated heterocycles. The molecule has 1 aliphatic heterocycles. The van der Waals surface area contributed by atoms with Gasteiger partial charge in [0.15, 0.2) is 5.82 Å². The number of halogens is 2. The number of amides is 1. The standard InChI is InChI=1S/C30H33F2N7O3/c1-6-27(40)34-21-14-22(26(41-5)15-24(21)38(4)10-9-37(2)3)35-30-33-16-20(32)29(36-30)28-19-8-7-18(31)13-23(19)39-11-12-42-17-25(28)39/h6-8,13-16H,1,9-12,17H2,2-5H3,(H,34,40)(H,33,35,36). The molecule has 0 atom stereocenters. The van der Waals surface area contributed by atoms with Crippen molar-refractivity contribution in [3.63, 3.8) is 0 Å². The minimum atomic E-state index is -0.630. The van der Waals surface area contributed by atoms with E-state index in [-0.39, 0.29) is 30.0 Å². The number of hydrogen-bond acceptors (Lipinski definition) is 8. The number of ether oxygens (including phenoxy) is 2. The van der Waals surface area contributed by atoms with Crippen LogP contribution >= 0.6 is 0 Å². The third kappa shape index (κ3) is 5.76.